The minimum absolute atomic E-state index is 0.0365. The van der Waals surface area contributed by atoms with Crippen molar-refractivity contribution in [2.75, 3.05) is 26.0 Å². The highest BCUT2D eigenvalue weighted by atomic mass is 79.9. The molecule has 0 atom stereocenters. The third-order valence-electron chi connectivity index (χ3n) is 4.34. The summed E-state index contributed by atoms with van der Waals surface area (Å²) in [5.41, 5.74) is 0.920. The fraction of sp³-hybridized carbons (Fsp3) is 0.136. The van der Waals surface area contributed by atoms with Gasteiger partial charge in [0.05, 0.1) is 11.6 Å². The normalized spacial score (nSPS) is 12.0. The Balaban J connectivity index is 1.70. The molecule has 3 aromatic rings. The van der Waals surface area contributed by atoms with Crippen molar-refractivity contribution in [2.24, 2.45) is 0 Å². The Morgan fingerprint density at radius 1 is 1.18 bits per heavy atom. The molecule has 33 heavy (non-hydrogen) atoms. The molecule has 1 N–H and O–H groups in total. The van der Waals surface area contributed by atoms with E-state index in [1.165, 1.54) is 11.0 Å². The molecule has 0 bridgehead atoms. The number of nitriles is 1. The van der Waals surface area contributed by atoms with Crippen LogP contribution < -0.4 is 19.5 Å². The number of carbonyl (C=O) groups excluding carboxylic acids is 2. The van der Waals surface area contributed by atoms with Crippen LogP contribution in [0.1, 0.15) is 15.9 Å². The van der Waals surface area contributed by atoms with Gasteiger partial charge in [0.15, 0.2) is 12.3 Å². The van der Waals surface area contributed by atoms with Gasteiger partial charge in [-0.25, -0.2) is 0 Å². The second-order valence-electron chi connectivity index (χ2n) is 7.05. The van der Waals surface area contributed by atoms with Crippen molar-refractivity contribution in [3.8, 4) is 35.3 Å². The number of nitrogens with zero attached hydrogens (tertiary/aromatic N) is 4. The Kier molecular flexibility index (Phi) is 6.10. The van der Waals surface area contributed by atoms with E-state index >= 15 is 0 Å². The highest BCUT2D eigenvalue weighted by Crippen LogP contribution is 2.39. The van der Waals surface area contributed by atoms with Gasteiger partial charge in [0.1, 0.15) is 11.5 Å². The zero-order chi connectivity index (χ0) is 23.5. The number of halogens is 1. The monoisotopic (exact) mass is 509 g/mol. The number of fused-ring (bicyclic) bond motifs is 1. The molecular formula is C22H16BrN5O5. The number of anilines is 1. The summed E-state index contributed by atoms with van der Waals surface area (Å²) in [7, 11) is 3.30. The number of ether oxygens (including phenoxy) is 3. The number of hydrogen-bond donors (Lipinski definition) is 1. The lowest BCUT2D eigenvalue weighted by molar-refractivity contribution is -0.118. The number of aromatic nitrogens is 2. The fourth-order valence-corrected chi connectivity index (χ4v) is 3.37. The highest BCUT2D eigenvalue weighted by molar-refractivity contribution is 9.10. The van der Waals surface area contributed by atoms with E-state index in [0.29, 0.717) is 27.1 Å². The maximum atomic E-state index is 12.2. The zero-order valence-electron chi connectivity index (χ0n) is 17.5. The van der Waals surface area contributed by atoms with E-state index < -0.39 is 5.91 Å². The maximum Gasteiger partial charge on any atom is 0.328 e. The Bertz CT molecular complexity index is 1300. The van der Waals surface area contributed by atoms with Crippen molar-refractivity contribution < 1.29 is 23.8 Å². The average molecular weight is 510 g/mol. The molecule has 0 aliphatic carbocycles. The molecular weight excluding hydrogens is 494 g/mol. The van der Waals surface area contributed by atoms with Crippen LogP contribution in [0.15, 0.2) is 46.9 Å². The smallest absolute Gasteiger partial charge is 0.328 e. The molecule has 2 amide bonds. The van der Waals surface area contributed by atoms with E-state index in [1.54, 1.807) is 50.5 Å². The first-order valence-corrected chi connectivity index (χ1v) is 10.3. The second-order valence-corrected chi connectivity index (χ2v) is 7.96. The van der Waals surface area contributed by atoms with E-state index in [-0.39, 0.29) is 36.0 Å². The lowest BCUT2D eigenvalue weighted by Gasteiger charge is -2.20. The topological polar surface area (TPSA) is 127 Å². The lowest BCUT2D eigenvalue weighted by atomic mass is 10.2. The van der Waals surface area contributed by atoms with Crippen LogP contribution in [0.3, 0.4) is 0 Å². The van der Waals surface area contributed by atoms with Gasteiger partial charge in [0, 0.05) is 24.1 Å². The molecule has 1 aromatic heterocycles. The quantitative estimate of drug-likeness (QED) is 0.551. The zero-order valence-corrected chi connectivity index (χ0v) is 19.0. The lowest BCUT2D eigenvalue weighted by Crippen LogP contribution is -2.26. The molecule has 0 unspecified atom stereocenters. The summed E-state index contributed by atoms with van der Waals surface area (Å²) in [6.45, 7) is -0.231. The molecule has 11 heteroatoms. The predicted octanol–water partition coefficient (Wildman–Crippen LogP) is 3.73. The van der Waals surface area contributed by atoms with Crippen molar-refractivity contribution in [1.82, 2.24) is 14.9 Å². The summed E-state index contributed by atoms with van der Waals surface area (Å²) >= 11 is 3.32. The number of rotatable bonds is 5. The van der Waals surface area contributed by atoms with Crippen molar-refractivity contribution in [2.45, 2.75) is 0 Å². The number of hydrogen-bond acceptors (Lipinski definition) is 8. The van der Waals surface area contributed by atoms with E-state index in [1.807, 2.05) is 6.07 Å². The van der Waals surface area contributed by atoms with Crippen molar-refractivity contribution in [3.63, 3.8) is 0 Å². The van der Waals surface area contributed by atoms with E-state index in [2.05, 4.69) is 31.2 Å². The first kappa shape index (κ1) is 22.0. The largest absolute Gasteiger partial charge is 0.466 e. The van der Waals surface area contributed by atoms with Crippen LogP contribution in [0.25, 0.3) is 0 Å². The van der Waals surface area contributed by atoms with E-state index in [4.69, 9.17) is 14.2 Å². The number of nitrogens with one attached hydrogen (secondary N) is 1. The SMILES string of the molecule is CN(C)C(=O)c1cccc(Oc2nc3c(c(Oc4cc(Br)cc(C#N)c4)n2)NC(=O)CO3)c1. The van der Waals surface area contributed by atoms with Crippen LogP contribution >= 0.6 is 15.9 Å². The number of carbonyl (C=O) groups is 2. The molecule has 166 valence electrons. The molecule has 2 heterocycles. The molecule has 1 aliphatic rings. The molecule has 4 rings (SSSR count). The molecule has 1 aliphatic heterocycles. The molecule has 10 nitrogen and oxygen atoms in total. The van der Waals surface area contributed by atoms with Crippen LogP contribution in [0, 0.1) is 11.3 Å². The van der Waals surface area contributed by atoms with Gasteiger partial charge in [-0.1, -0.05) is 22.0 Å². The fourth-order valence-electron chi connectivity index (χ4n) is 2.90. The second kappa shape index (κ2) is 9.13. The third-order valence-corrected chi connectivity index (χ3v) is 4.80. The van der Waals surface area contributed by atoms with Crippen LogP contribution in [-0.2, 0) is 4.79 Å². The Hall–Kier alpha value is -4.17. The van der Waals surface area contributed by atoms with Crippen LogP contribution in [0.2, 0.25) is 0 Å². The third kappa shape index (κ3) is 5.02. The van der Waals surface area contributed by atoms with Gasteiger partial charge in [0.2, 0.25) is 5.88 Å². The van der Waals surface area contributed by atoms with Crippen molar-refractivity contribution in [3.05, 3.63) is 58.1 Å². The van der Waals surface area contributed by atoms with E-state index in [9.17, 15) is 14.9 Å². The molecule has 0 spiro atoms. The minimum Gasteiger partial charge on any atom is -0.466 e. The van der Waals surface area contributed by atoms with Gasteiger partial charge in [-0.15, -0.1) is 0 Å². The Labute approximate surface area is 196 Å². The molecule has 0 saturated heterocycles. The van der Waals surface area contributed by atoms with Gasteiger partial charge in [0.25, 0.3) is 17.7 Å². The summed E-state index contributed by atoms with van der Waals surface area (Å²) < 4.78 is 17.6. The number of benzene rings is 2. The van der Waals surface area contributed by atoms with Crippen LogP contribution in [0.5, 0.6) is 29.3 Å². The average Bonchev–Trinajstić information content (AvgIpc) is 2.78. The summed E-state index contributed by atoms with van der Waals surface area (Å²) in [6, 6.07) is 13.2. The van der Waals surface area contributed by atoms with Crippen molar-refractivity contribution in [1.29, 1.82) is 5.26 Å². The number of amides is 2. The highest BCUT2D eigenvalue weighted by Gasteiger charge is 2.26. The summed E-state index contributed by atoms with van der Waals surface area (Å²) in [5, 5.41) is 11.8. The summed E-state index contributed by atoms with van der Waals surface area (Å²) in [4.78, 5) is 34.0. The van der Waals surface area contributed by atoms with E-state index in [0.717, 1.165) is 0 Å². The van der Waals surface area contributed by atoms with Gasteiger partial charge < -0.3 is 24.4 Å². The minimum atomic E-state index is -0.397. The molecule has 0 fully saturated rings. The van der Waals surface area contributed by atoms with Gasteiger partial charge in [-0.05, 0) is 36.4 Å². The molecule has 2 aromatic carbocycles. The summed E-state index contributed by atoms with van der Waals surface area (Å²) in [5.74, 6) is 0.0568. The Morgan fingerprint density at radius 3 is 2.76 bits per heavy atom. The first-order valence-electron chi connectivity index (χ1n) is 9.55. The molecule has 0 radical (unpaired) electrons. The van der Waals surface area contributed by atoms with Gasteiger partial charge in [-0.2, -0.15) is 15.2 Å². The first-order chi connectivity index (χ1) is 15.8. The summed E-state index contributed by atoms with van der Waals surface area (Å²) in [6.07, 6.45) is 0. The van der Waals surface area contributed by atoms with Crippen LogP contribution in [-0.4, -0.2) is 47.4 Å². The standard InChI is InChI=1S/C22H16BrN5O5/c1-28(2)21(30)13-4-3-5-15(8-13)33-22-26-19-18(25-17(29)11-31-19)20(27-22)32-16-7-12(10-24)6-14(23)9-16/h3-9H,11H2,1-2H3,(H,25,29). The predicted molar refractivity (Wildman–Crippen MR) is 120 cm³/mol. The molecule has 0 saturated carbocycles. The van der Waals surface area contributed by atoms with Gasteiger partial charge >= 0.3 is 6.01 Å². The maximum absolute atomic E-state index is 12.2. The van der Waals surface area contributed by atoms with Crippen LogP contribution in [0.4, 0.5) is 5.69 Å². The van der Waals surface area contributed by atoms with Gasteiger partial charge in [-0.3, -0.25) is 9.59 Å². The Morgan fingerprint density at radius 2 is 2.00 bits per heavy atom. The van der Waals surface area contributed by atoms with Crippen molar-refractivity contribution >= 4 is 33.4 Å².